The average molecular weight is 207 g/mol. The summed E-state index contributed by atoms with van der Waals surface area (Å²) >= 11 is 0. The topological polar surface area (TPSA) is 3.24 Å². The molecule has 0 unspecified atom stereocenters. The third-order valence-corrected chi connectivity index (χ3v) is 4.02. The van der Waals surface area contributed by atoms with Gasteiger partial charge < -0.3 is 4.90 Å². The fraction of sp³-hybridized carbons (Fsp3) is 0.857. The molecule has 0 atom stereocenters. The maximum Gasteiger partial charge on any atom is 0.0172 e. The maximum atomic E-state index is 2.52. The highest BCUT2D eigenvalue weighted by Crippen LogP contribution is 2.29. The molecule has 2 aliphatic rings. The molecule has 1 heteroatoms. The van der Waals surface area contributed by atoms with Gasteiger partial charge in [0, 0.05) is 13.1 Å². The molecular formula is C14H25N. The molecule has 1 aliphatic heterocycles. The highest BCUT2D eigenvalue weighted by Gasteiger charge is 2.16. The molecule has 2 fully saturated rings. The molecule has 1 nitrogen and oxygen atoms in total. The van der Waals surface area contributed by atoms with Crippen molar-refractivity contribution in [2.45, 2.75) is 51.9 Å². The molecule has 86 valence electrons. The van der Waals surface area contributed by atoms with Gasteiger partial charge in [-0.2, -0.15) is 0 Å². The molecule has 0 N–H and O–H groups in total. The van der Waals surface area contributed by atoms with Gasteiger partial charge in [0.05, 0.1) is 0 Å². The standard InChI is InChI=1S/C14H25N/c1-13-5-7-14(8-6-13)9-12-15-10-3-2-4-11-15/h9,12-14H,2-8,10-11H2,1H3/t13-,14-. The number of rotatable bonds is 2. The molecule has 0 bridgehead atoms. The molecule has 1 saturated carbocycles. The van der Waals surface area contributed by atoms with Gasteiger partial charge >= 0.3 is 0 Å². The van der Waals surface area contributed by atoms with Crippen LogP contribution in [0.15, 0.2) is 12.3 Å². The van der Waals surface area contributed by atoms with Crippen molar-refractivity contribution >= 4 is 0 Å². The number of hydrogen-bond acceptors (Lipinski definition) is 1. The van der Waals surface area contributed by atoms with Crippen LogP contribution in [-0.4, -0.2) is 18.0 Å². The Kier molecular flexibility index (Phi) is 4.10. The van der Waals surface area contributed by atoms with Crippen LogP contribution < -0.4 is 0 Å². The average Bonchev–Trinajstić information content (AvgIpc) is 2.30. The summed E-state index contributed by atoms with van der Waals surface area (Å²) < 4.78 is 0. The molecule has 0 radical (unpaired) electrons. The summed E-state index contributed by atoms with van der Waals surface area (Å²) in [5.74, 6) is 1.85. The third kappa shape index (κ3) is 3.55. The molecule has 2 rings (SSSR count). The summed E-state index contributed by atoms with van der Waals surface area (Å²) in [6, 6.07) is 0. The van der Waals surface area contributed by atoms with E-state index in [9.17, 15) is 0 Å². The maximum absolute atomic E-state index is 2.52. The molecule has 0 amide bonds. The Morgan fingerprint density at radius 1 is 0.933 bits per heavy atom. The lowest BCUT2D eigenvalue weighted by atomic mass is 9.83. The summed E-state index contributed by atoms with van der Waals surface area (Å²) in [4.78, 5) is 2.52. The number of allylic oxidation sites excluding steroid dienone is 1. The van der Waals surface area contributed by atoms with Gasteiger partial charge in [-0.15, -0.1) is 0 Å². The molecule has 1 heterocycles. The van der Waals surface area contributed by atoms with Crippen LogP contribution in [0, 0.1) is 11.8 Å². The Morgan fingerprint density at radius 3 is 2.27 bits per heavy atom. The highest BCUT2D eigenvalue weighted by atomic mass is 15.1. The van der Waals surface area contributed by atoms with E-state index in [1.807, 2.05) is 0 Å². The van der Waals surface area contributed by atoms with E-state index in [2.05, 4.69) is 24.1 Å². The van der Waals surface area contributed by atoms with Crippen molar-refractivity contribution in [1.82, 2.24) is 4.90 Å². The van der Waals surface area contributed by atoms with Crippen molar-refractivity contribution in [3.63, 3.8) is 0 Å². The summed E-state index contributed by atoms with van der Waals surface area (Å²) in [6.45, 7) is 4.98. The second kappa shape index (κ2) is 5.58. The SMILES string of the molecule is C[C@H]1CC[C@H](C=CN2CCCCC2)CC1. The van der Waals surface area contributed by atoms with Crippen molar-refractivity contribution < 1.29 is 0 Å². The van der Waals surface area contributed by atoms with E-state index in [0.29, 0.717) is 0 Å². The minimum Gasteiger partial charge on any atom is -0.378 e. The second-order valence-corrected chi connectivity index (χ2v) is 5.46. The zero-order valence-corrected chi connectivity index (χ0v) is 10.1. The van der Waals surface area contributed by atoms with Gasteiger partial charge in [0.2, 0.25) is 0 Å². The predicted molar refractivity (Wildman–Crippen MR) is 65.7 cm³/mol. The fourth-order valence-corrected chi connectivity index (χ4v) is 2.79. The molecule has 15 heavy (non-hydrogen) atoms. The molecule has 0 aromatic carbocycles. The molecule has 0 spiro atoms. The van der Waals surface area contributed by atoms with Crippen LogP contribution in [0.25, 0.3) is 0 Å². The van der Waals surface area contributed by atoms with Gasteiger partial charge in [-0.1, -0.05) is 25.8 Å². The zero-order valence-electron chi connectivity index (χ0n) is 10.1. The van der Waals surface area contributed by atoms with E-state index in [4.69, 9.17) is 0 Å². The molecular weight excluding hydrogens is 182 g/mol. The number of piperidine rings is 1. The first kappa shape index (κ1) is 11.0. The summed E-state index contributed by atoms with van der Waals surface area (Å²) in [6.07, 6.45) is 14.8. The normalized spacial score (nSPS) is 33.5. The summed E-state index contributed by atoms with van der Waals surface area (Å²) in [5.41, 5.74) is 0. The van der Waals surface area contributed by atoms with Gasteiger partial charge in [0.15, 0.2) is 0 Å². The van der Waals surface area contributed by atoms with Gasteiger partial charge in [-0.05, 0) is 50.1 Å². The smallest absolute Gasteiger partial charge is 0.0172 e. The van der Waals surface area contributed by atoms with Gasteiger partial charge in [-0.25, -0.2) is 0 Å². The highest BCUT2D eigenvalue weighted by molar-refractivity contribution is 4.91. The minimum atomic E-state index is 0.878. The first-order chi connectivity index (χ1) is 7.34. The molecule has 0 aromatic heterocycles. The first-order valence-electron chi connectivity index (χ1n) is 6.77. The third-order valence-electron chi connectivity index (χ3n) is 4.02. The Morgan fingerprint density at radius 2 is 1.60 bits per heavy atom. The van der Waals surface area contributed by atoms with E-state index in [1.54, 1.807) is 0 Å². The molecule has 1 saturated heterocycles. The Hall–Kier alpha value is -0.460. The van der Waals surface area contributed by atoms with Crippen LogP contribution in [-0.2, 0) is 0 Å². The monoisotopic (exact) mass is 207 g/mol. The van der Waals surface area contributed by atoms with Crippen molar-refractivity contribution in [3.05, 3.63) is 12.3 Å². The van der Waals surface area contributed by atoms with Crippen molar-refractivity contribution in [2.24, 2.45) is 11.8 Å². The van der Waals surface area contributed by atoms with Crippen LogP contribution in [0.4, 0.5) is 0 Å². The van der Waals surface area contributed by atoms with Crippen LogP contribution in [0.3, 0.4) is 0 Å². The number of nitrogens with zero attached hydrogens (tertiary/aromatic N) is 1. The largest absolute Gasteiger partial charge is 0.378 e. The van der Waals surface area contributed by atoms with Gasteiger partial charge in [-0.3, -0.25) is 0 Å². The van der Waals surface area contributed by atoms with Crippen LogP contribution in [0.2, 0.25) is 0 Å². The van der Waals surface area contributed by atoms with Crippen molar-refractivity contribution in [1.29, 1.82) is 0 Å². The number of likely N-dealkylation sites (tertiary alicyclic amines) is 1. The number of hydrogen-bond donors (Lipinski definition) is 0. The lowest BCUT2D eigenvalue weighted by molar-refractivity contribution is 0.298. The van der Waals surface area contributed by atoms with E-state index in [0.717, 1.165) is 11.8 Å². The van der Waals surface area contributed by atoms with E-state index in [-0.39, 0.29) is 0 Å². The first-order valence-corrected chi connectivity index (χ1v) is 6.77. The van der Waals surface area contributed by atoms with Gasteiger partial charge in [0.1, 0.15) is 0 Å². The van der Waals surface area contributed by atoms with Gasteiger partial charge in [0.25, 0.3) is 0 Å². The van der Waals surface area contributed by atoms with Crippen LogP contribution in [0.5, 0.6) is 0 Å². The molecule has 0 aromatic rings. The van der Waals surface area contributed by atoms with Crippen LogP contribution >= 0.6 is 0 Å². The van der Waals surface area contributed by atoms with E-state index in [1.165, 1.54) is 58.0 Å². The molecule has 1 aliphatic carbocycles. The lowest BCUT2D eigenvalue weighted by Crippen LogP contribution is -2.24. The summed E-state index contributed by atoms with van der Waals surface area (Å²) in [5, 5.41) is 0. The van der Waals surface area contributed by atoms with Crippen LogP contribution in [0.1, 0.15) is 51.9 Å². The lowest BCUT2D eigenvalue weighted by Gasteiger charge is -2.27. The van der Waals surface area contributed by atoms with Crippen molar-refractivity contribution in [3.8, 4) is 0 Å². The Balaban J connectivity index is 1.73. The van der Waals surface area contributed by atoms with Crippen molar-refractivity contribution in [2.75, 3.05) is 13.1 Å². The predicted octanol–water partition coefficient (Wildman–Crippen LogP) is 3.81. The quantitative estimate of drug-likeness (QED) is 0.665. The van der Waals surface area contributed by atoms with E-state index < -0.39 is 0 Å². The zero-order chi connectivity index (χ0) is 10.5. The van der Waals surface area contributed by atoms with E-state index >= 15 is 0 Å². The summed E-state index contributed by atoms with van der Waals surface area (Å²) in [7, 11) is 0. The minimum absolute atomic E-state index is 0.878. The second-order valence-electron chi connectivity index (χ2n) is 5.46. The Bertz CT molecular complexity index is 195. The fourth-order valence-electron chi connectivity index (χ4n) is 2.79. The Labute approximate surface area is 94.5 Å².